The van der Waals surface area contributed by atoms with Crippen LogP contribution in [0.5, 0.6) is 0 Å². The zero-order valence-corrected chi connectivity index (χ0v) is 11.1. The van der Waals surface area contributed by atoms with Gasteiger partial charge in [0.1, 0.15) is 0 Å². The van der Waals surface area contributed by atoms with E-state index in [1.807, 2.05) is 0 Å². The fraction of sp³-hybridized carbons (Fsp3) is 0.818. The second-order valence-corrected chi connectivity index (χ2v) is 5.35. The molecule has 1 fully saturated rings. The zero-order chi connectivity index (χ0) is 12.1. The van der Waals surface area contributed by atoms with E-state index in [9.17, 15) is 0 Å². The van der Waals surface area contributed by atoms with Gasteiger partial charge in [-0.3, -0.25) is 0 Å². The maximum absolute atomic E-state index is 6.00. The standard InChI is InChI=1S/C11H20N4OS/c1-17-8-5-9(12)10-13-11(14-16-10)15-6-3-2-4-7-15/h9H,2-8,12H2,1H3/t9-/m0/s1. The molecule has 1 atom stereocenters. The Morgan fingerprint density at radius 3 is 2.88 bits per heavy atom. The number of nitrogens with two attached hydrogens (primary N) is 1. The molecule has 17 heavy (non-hydrogen) atoms. The van der Waals surface area contributed by atoms with Crippen molar-refractivity contribution in [3.63, 3.8) is 0 Å². The number of hydrogen-bond donors (Lipinski definition) is 1. The molecule has 1 aromatic rings. The topological polar surface area (TPSA) is 68.2 Å². The minimum atomic E-state index is -0.131. The Balaban J connectivity index is 1.94. The van der Waals surface area contributed by atoms with Crippen LogP contribution in [0.4, 0.5) is 5.95 Å². The second kappa shape index (κ2) is 6.26. The monoisotopic (exact) mass is 256 g/mol. The summed E-state index contributed by atoms with van der Waals surface area (Å²) in [6.45, 7) is 2.05. The first kappa shape index (κ1) is 12.7. The largest absolute Gasteiger partial charge is 0.338 e. The van der Waals surface area contributed by atoms with E-state index in [2.05, 4.69) is 21.3 Å². The molecule has 0 saturated carbocycles. The summed E-state index contributed by atoms with van der Waals surface area (Å²) >= 11 is 1.78. The highest BCUT2D eigenvalue weighted by atomic mass is 32.2. The van der Waals surface area contributed by atoms with E-state index in [0.717, 1.165) is 25.3 Å². The van der Waals surface area contributed by atoms with Crippen molar-refractivity contribution in [2.45, 2.75) is 31.7 Å². The Kier molecular flexibility index (Phi) is 4.67. The summed E-state index contributed by atoms with van der Waals surface area (Å²) in [7, 11) is 0. The van der Waals surface area contributed by atoms with E-state index < -0.39 is 0 Å². The van der Waals surface area contributed by atoms with Crippen LogP contribution in [-0.4, -0.2) is 35.2 Å². The van der Waals surface area contributed by atoms with E-state index >= 15 is 0 Å². The maximum atomic E-state index is 6.00. The molecule has 1 aromatic heterocycles. The van der Waals surface area contributed by atoms with Crippen LogP contribution in [0.25, 0.3) is 0 Å². The smallest absolute Gasteiger partial charge is 0.266 e. The van der Waals surface area contributed by atoms with Crippen molar-refractivity contribution in [2.24, 2.45) is 5.73 Å². The molecule has 1 saturated heterocycles. The molecule has 1 aliphatic rings. The first-order chi connectivity index (χ1) is 8.31. The molecule has 0 aromatic carbocycles. The minimum Gasteiger partial charge on any atom is -0.338 e. The zero-order valence-electron chi connectivity index (χ0n) is 10.3. The molecule has 0 radical (unpaired) electrons. The van der Waals surface area contributed by atoms with Crippen molar-refractivity contribution in [2.75, 3.05) is 30.0 Å². The van der Waals surface area contributed by atoms with Crippen LogP contribution in [0.15, 0.2) is 4.52 Å². The lowest BCUT2D eigenvalue weighted by atomic mass is 10.1. The lowest BCUT2D eigenvalue weighted by Crippen LogP contribution is -2.30. The summed E-state index contributed by atoms with van der Waals surface area (Å²) < 4.78 is 5.24. The first-order valence-electron chi connectivity index (χ1n) is 6.14. The summed E-state index contributed by atoms with van der Waals surface area (Å²) in [6.07, 6.45) is 6.67. The average Bonchev–Trinajstić information content (AvgIpc) is 2.86. The second-order valence-electron chi connectivity index (χ2n) is 4.37. The van der Waals surface area contributed by atoms with E-state index in [4.69, 9.17) is 10.3 Å². The highest BCUT2D eigenvalue weighted by molar-refractivity contribution is 7.98. The quantitative estimate of drug-likeness (QED) is 0.866. The van der Waals surface area contributed by atoms with E-state index in [1.165, 1.54) is 19.3 Å². The van der Waals surface area contributed by atoms with Crippen molar-refractivity contribution < 1.29 is 4.52 Å². The molecule has 2 heterocycles. The SMILES string of the molecule is CSCC[C@H](N)c1nc(N2CCCCC2)no1. The third-order valence-corrected chi connectivity index (χ3v) is 3.66. The molecule has 0 spiro atoms. The van der Waals surface area contributed by atoms with E-state index in [1.54, 1.807) is 11.8 Å². The lowest BCUT2D eigenvalue weighted by Gasteiger charge is -2.24. The third kappa shape index (κ3) is 3.35. The Bertz CT molecular complexity index is 338. The van der Waals surface area contributed by atoms with Gasteiger partial charge in [-0.05, 0) is 42.8 Å². The molecule has 0 unspecified atom stereocenters. The van der Waals surface area contributed by atoms with Crippen LogP contribution in [0.1, 0.15) is 37.6 Å². The summed E-state index contributed by atoms with van der Waals surface area (Å²) in [5.41, 5.74) is 6.00. The number of hydrogen-bond acceptors (Lipinski definition) is 6. The summed E-state index contributed by atoms with van der Waals surface area (Å²) in [6, 6.07) is -0.131. The molecule has 2 rings (SSSR count). The van der Waals surface area contributed by atoms with Gasteiger partial charge in [0, 0.05) is 13.1 Å². The summed E-state index contributed by atoms with van der Waals surface area (Å²) in [4.78, 5) is 6.58. The van der Waals surface area contributed by atoms with Gasteiger partial charge in [-0.15, -0.1) is 0 Å². The predicted octanol–water partition coefficient (Wildman–Crippen LogP) is 1.81. The molecule has 1 aliphatic heterocycles. The number of piperidine rings is 1. The van der Waals surface area contributed by atoms with Gasteiger partial charge < -0.3 is 15.2 Å². The van der Waals surface area contributed by atoms with Gasteiger partial charge >= 0.3 is 0 Å². The van der Waals surface area contributed by atoms with Crippen LogP contribution in [0, 0.1) is 0 Å². The number of rotatable bonds is 5. The highest BCUT2D eigenvalue weighted by Gasteiger charge is 2.19. The summed E-state index contributed by atoms with van der Waals surface area (Å²) in [5, 5.41) is 4.02. The van der Waals surface area contributed by atoms with Crippen LogP contribution in [-0.2, 0) is 0 Å². The Morgan fingerprint density at radius 2 is 2.18 bits per heavy atom. The predicted molar refractivity (Wildman–Crippen MR) is 70.3 cm³/mol. The van der Waals surface area contributed by atoms with Crippen molar-refractivity contribution >= 4 is 17.7 Å². The molecule has 5 nitrogen and oxygen atoms in total. The van der Waals surface area contributed by atoms with Crippen molar-refractivity contribution in [1.29, 1.82) is 0 Å². The summed E-state index contributed by atoms with van der Waals surface area (Å²) in [5.74, 6) is 2.29. The number of anilines is 1. The maximum Gasteiger partial charge on any atom is 0.266 e. The minimum absolute atomic E-state index is 0.131. The first-order valence-corrected chi connectivity index (χ1v) is 7.53. The number of nitrogens with zero attached hydrogens (tertiary/aromatic N) is 3. The Labute approximate surface area is 106 Å². The van der Waals surface area contributed by atoms with Gasteiger partial charge in [0.25, 0.3) is 5.95 Å². The van der Waals surface area contributed by atoms with Crippen LogP contribution >= 0.6 is 11.8 Å². The van der Waals surface area contributed by atoms with Gasteiger partial charge in [-0.1, -0.05) is 0 Å². The average molecular weight is 256 g/mol. The molecule has 6 heteroatoms. The van der Waals surface area contributed by atoms with Crippen LogP contribution < -0.4 is 10.6 Å². The van der Waals surface area contributed by atoms with Crippen molar-refractivity contribution in [1.82, 2.24) is 10.1 Å². The molecule has 96 valence electrons. The number of aromatic nitrogens is 2. The van der Waals surface area contributed by atoms with Gasteiger partial charge in [0.2, 0.25) is 5.89 Å². The molecule has 0 aliphatic carbocycles. The fourth-order valence-corrected chi connectivity index (χ4v) is 2.46. The van der Waals surface area contributed by atoms with Gasteiger partial charge in [-0.2, -0.15) is 16.7 Å². The molecule has 0 amide bonds. The van der Waals surface area contributed by atoms with E-state index in [0.29, 0.717) is 11.8 Å². The van der Waals surface area contributed by atoms with Crippen LogP contribution in [0.3, 0.4) is 0 Å². The van der Waals surface area contributed by atoms with Gasteiger partial charge in [0.15, 0.2) is 0 Å². The molecule has 2 N–H and O–H groups in total. The lowest BCUT2D eigenvalue weighted by molar-refractivity contribution is 0.351. The highest BCUT2D eigenvalue weighted by Crippen LogP contribution is 2.20. The fourth-order valence-electron chi connectivity index (χ4n) is 1.97. The van der Waals surface area contributed by atoms with Gasteiger partial charge in [0.05, 0.1) is 6.04 Å². The van der Waals surface area contributed by atoms with Gasteiger partial charge in [-0.25, -0.2) is 0 Å². The number of thioether (sulfide) groups is 1. The molecular formula is C11H20N4OS. The molecule has 0 bridgehead atoms. The third-order valence-electron chi connectivity index (χ3n) is 3.02. The van der Waals surface area contributed by atoms with Crippen LogP contribution in [0.2, 0.25) is 0 Å². The Morgan fingerprint density at radius 1 is 1.41 bits per heavy atom. The van der Waals surface area contributed by atoms with Crippen molar-refractivity contribution in [3.05, 3.63) is 5.89 Å². The molecular weight excluding hydrogens is 236 g/mol. The van der Waals surface area contributed by atoms with Crippen molar-refractivity contribution in [3.8, 4) is 0 Å². The normalized spacial score (nSPS) is 18.4. The Hall–Kier alpha value is -0.750. The van der Waals surface area contributed by atoms with E-state index in [-0.39, 0.29) is 6.04 Å².